The van der Waals surface area contributed by atoms with Gasteiger partial charge in [0.25, 0.3) is 5.91 Å². The normalized spacial score (nSPS) is 11.7. The molecule has 2 aromatic heterocycles. The van der Waals surface area contributed by atoms with Crippen LogP contribution >= 0.6 is 27.3 Å². The summed E-state index contributed by atoms with van der Waals surface area (Å²) in [5.41, 5.74) is 0.457. The Labute approximate surface area is 162 Å². The number of halogens is 1. The van der Waals surface area contributed by atoms with Crippen molar-refractivity contribution in [3.8, 4) is 11.5 Å². The smallest absolute Gasteiger partial charge is 0.322 e. The highest BCUT2D eigenvalue weighted by molar-refractivity contribution is 9.11. The van der Waals surface area contributed by atoms with Gasteiger partial charge in [-0.15, -0.1) is 16.4 Å². The number of aromatic nitrogens is 2. The molecule has 3 rings (SSSR count). The van der Waals surface area contributed by atoms with Gasteiger partial charge in [-0.05, 0) is 60.1 Å². The Morgan fingerprint density at radius 2 is 2.00 bits per heavy atom. The number of carbonyl (C=O) groups is 1. The van der Waals surface area contributed by atoms with Gasteiger partial charge >= 0.3 is 6.01 Å². The number of benzene rings is 1. The van der Waals surface area contributed by atoms with Crippen molar-refractivity contribution in [3.63, 3.8) is 0 Å². The Kier molecular flexibility index (Phi) is 5.26. The number of sulfone groups is 1. The Morgan fingerprint density at radius 1 is 1.23 bits per heavy atom. The topological polar surface area (TPSA) is 102 Å². The van der Waals surface area contributed by atoms with E-state index in [9.17, 15) is 13.2 Å². The molecule has 0 bridgehead atoms. The number of nitrogens with one attached hydrogen (secondary N) is 1. The summed E-state index contributed by atoms with van der Waals surface area (Å²) in [5, 5.41) is 9.64. The van der Waals surface area contributed by atoms with Crippen molar-refractivity contribution in [1.82, 2.24) is 10.2 Å². The van der Waals surface area contributed by atoms with Crippen LogP contribution in [0, 0.1) is 0 Å². The highest BCUT2D eigenvalue weighted by atomic mass is 79.9. The van der Waals surface area contributed by atoms with Crippen LogP contribution in [0.2, 0.25) is 0 Å². The molecule has 2 heterocycles. The molecule has 0 saturated carbocycles. The molecule has 0 radical (unpaired) electrons. The molecule has 1 aromatic carbocycles. The lowest BCUT2D eigenvalue weighted by molar-refractivity contribution is 0.102. The van der Waals surface area contributed by atoms with Crippen molar-refractivity contribution in [1.29, 1.82) is 0 Å². The summed E-state index contributed by atoms with van der Waals surface area (Å²) in [6, 6.07) is 9.63. The highest BCUT2D eigenvalue weighted by Gasteiger charge is 2.21. The predicted molar refractivity (Wildman–Crippen MR) is 102 cm³/mol. The minimum atomic E-state index is -3.42. The molecule has 0 aliphatic carbocycles. The van der Waals surface area contributed by atoms with Crippen LogP contribution in [-0.2, 0) is 9.84 Å². The first kappa shape index (κ1) is 18.7. The molecule has 26 heavy (non-hydrogen) atoms. The zero-order chi connectivity index (χ0) is 18.9. The lowest BCUT2D eigenvalue weighted by atomic mass is 10.2. The number of thiophene rings is 1. The molecule has 0 spiro atoms. The number of rotatable bonds is 5. The molecule has 0 unspecified atom stereocenters. The van der Waals surface area contributed by atoms with Crippen LogP contribution in [0.1, 0.15) is 23.5 Å². The zero-order valence-corrected chi connectivity index (χ0v) is 17.0. The Morgan fingerprint density at radius 3 is 2.65 bits per heavy atom. The maximum Gasteiger partial charge on any atom is 0.322 e. The van der Waals surface area contributed by atoms with E-state index in [4.69, 9.17) is 4.42 Å². The summed E-state index contributed by atoms with van der Waals surface area (Å²) < 4.78 is 30.9. The molecular formula is C16H14BrN3O4S2. The third-order valence-corrected chi connectivity index (χ3v) is 7.25. The van der Waals surface area contributed by atoms with Crippen molar-refractivity contribution in [2.45, 2.75) is 24.0 Å². The molecule has 0 fully saturated rings. The van der Waals surface area contributed by atoms with Gasteiger partial charge in [0.1, 0.15) is 0 Å². The van der Waals surface area contributed by atoms with Crippen LogP contribution < -0.4 is 5.32 Å². The predicted octanol–water partition coefficient (Wildman–Crippen LogP) is 4.00. The van der Waals surface area contributed by atoms with Crippen molar-refractivity contribution in [2.24, 2.45) is 0 Å². The van der Waals surface area contributed by atoms with Gasteiger partial charge in [-0.25, -0.2) is 8.42 Å². The third kappa shape index (κ3) is 3.87. The summed E-state index contributed by atoms with van der Waals surface area (Å²) in [5.74, 6) is -0.250. The fourth-order valence-corrected chi connectivity index (χ4v) is 4.45. The molecule has 7 nitrogen and oxygen atoms in total. The lowest BCUT2D eigenvalue weighted by Crippen LogP contribution is -2.13. The minimum Gasteiger partial charge on any atom is -0.403 e. The van der Waals surface area contributed by atoms with Crippen LogP contribution in [-0.4, -0.2) is 29.8 Å². The van der Waals surface area contributed by atoms with Gasteiger partial charge in [0.05, 0.1) is 18.8 Å². The van der Waals surface area contributed by atoms with E-state index in [0.717, 1.165) is 3.79 Å². The third-order valence-electron chi connectivity index (χ3n) is 3.47. The van der Waals surface area contributed by atoms with E-state index in [0.29, 0.717) is 10.4 Å². The van der Waals surface area contributed by atoms with Crippen LogP contribution in [0.15, 0.2) is 49.5 Å². The zero-order valence-electron chi connectivity index (χ0n) is 13.8. The number of hydrogen-bond acceptors (Lipinski definition) is 7. The fourth-order valence-electron chi connectivity index (χ4n) is 2.06. The Bertz CT molecular complexity index is 1060. The highest BCUT2D eigenvalue weighted by Crippen LogP contribution is 2.26. The van der Waals surface area contributed by atoms with Gasteiger partial charge < -0.3 is 4.42 Å². The van der Waals surface area contributed by atoms with E-state index < -0.39 is 15.1 Å². The van der Waals surface area contributed by atoms with E-state index in [2.05, 4.69) is 31.4 Å². The molecule has 136 valence electrons. The van der Waals surface area contributed by atoms with Crippen LogP contribution in [0.25, 0.3) is 11.5 Å². The van der Waals surface area contributed by atoms with E-state index >= 15 is 0 Å². The molecule has 10 heteroatoms. The van der Waals surface area contributed by atoms with E-state index in [1.54, 1.807) is 38.1 Å². The van der Waals surface area contributed by atoms with Gasteiger partial charge in [-0.2, -0.15) is 0 Å². The average Bonchev–Trinajstić information content (AvgIpc) is 3.24. The second-order valence-electron chi connectivity index (χ2n) is 5.59. The number of hydrogen-bond donors (Lipinski definition) is 1. The first-order chi connectivity index (χ1) is 12.3. The summed E-state index contributed by atoms with van der Waals surface area (Å²) in [7, 11) is -3.42. The van der Waals surface area contributed by atoms with E-state index in [1.807, 2.05) is 0 Å². The second kappa shape index (κ2) is 7.29. The maximum atomic E-state index is 12.3. The number of amides is 1. The molecule has 0 atom stereocenters. The van der Waals surface area contributed by atoms with Gasteiger partial charge in [0.15, 0.2) is 9.84 Å². The molecule has 1 amide bonds. The number of carbonyl (C=O) groups excluding carboxylic acids is 1. The van der Waals surface area contributed by atoms with Gasteiger partial charge in [0.2, 0.25) is 5.89 Å². The Hall–Kier alpha value is -2.04. The van der Waals surface area contributed by atoms with Crippen LogP contribution in [0.5, 0.6) is 0 Å². The first-order valence-electron chi connectivity index (χ1n) is 7.52. The van der Waals surface area contributed by atoms with E-state index in [-0.39, 0.29) is 22.7 Å². The number of anilines is 1. The molecule has 0 aliphatic rings. The average molecular weight is 456 g/mol. The fraction of sp³-hybridized carbons (Fsp3) is 0.188. The molecular weight excluding hydrogens is 442 g/mol. The van der Waals surface area contributed by atoms with Crippen molar-refractivity contribution in [2.75, 3.05) is 5.32 Å². The van der Waals surface area contributed by atoms with E-state index in [1.165, 1.54) is 23.5 Å². The molecule has 0 aliphatic heterocycles. The number of nitrogens with zero attached hydrogens (tertiary/aromatic N) is 2. The van der Waals surface area contributed by atoms with Gasteiger partial charge in [-0.3, -0.25) is 10.1 Å². The summed E-state index contributed by atoms with van der Waals surface area (Å²) in [4.78, 5) is 12.8. The van der Waals surface area contributed by atoms with Crippen LogP contribution in [0.3, 0.4) is 0 Å². The monoisotopic (exact) mass is 455 g/mol. The van der Waals surface area contributed by atoms with Crippen LogP contribution in [0.4, 0.5) is 6.01 Å². The minimum absolute atomic E-state index is 0.0633. The SMILES string of the molecule is CC(C)S(=O)(=O)c1cccc(-c2nnc(NC(=O)c3ccc(Br)s3)o2)c1. The molecule has 0 saturated heterocycles. The standard InChI is InChI=1S/C16H14BrN3O4S2/c1-9(2)26(22,23)11-5-3-4-10(8-11)15-19-20-16(24-15)18-14(21)12-6-7-13(17)25-12/h3-9H,1-2H3,(H,18,20,21). The Balaban J connectivity index is 1.83. The van der Waals surface area contributed by atoms with Crippen molar-refractivity contribution < 1.29 is 17.6 Å². The summed E-state index contributed by atoms with van der Waals surface area (Å²) >= 11 is 4.57. The second-order valence-corrected chi connectivity index (χ2v) is 10.6. The summed E-state index contributed by atoms with van der Waals surface area (Å²) in [6.07, 6.45) is 0. The van der Waals surface area contributed by atoms with Crippen molar-refractivity contribution >= 4 is 49.0 Å². The van der Waals surface area contributed by atoms with Gasteiger partial charge in [-0.1, -0.05) is 11.2 Å². The summed E-state index contributed by atoms with van der Waals surface area (Å²) in [6.45, 7) is 3.23. The van der Waals surface area contributed by atoms with Crippen molar-refractivity contribution in [3.05, 3.63) is 45.1 Å². The van der Waals surface area contributed by atoms with Gasteiger partial charge in [0, 0.05) is 5.56 Å². The molecule has 1 N–H and O–H groups in total. The maximum absolute atomic E-state index is 12.3. The molecule has 3 aromatic rings. The largest absolute Gasteiger partial charge is 0.403 e. The first-order valence-corrected chi connectivity index (χ1v) is 10.7. The lowest BCUT2D eigenvalue weighted by Gasteiger charge is -2.08. The quantitative estimate of drug-likeness (QED) is 0.623.